The van der Waals surface area contributed by atoms with Gasteiger partial charge < -0.3 is 24.2 Å². The highest BCUT2D eigenvalue weighted by Crippen LogP contribution is 2.36. The molecule has 0 saturated carbocycles. The van der Waals surface area contributed by atoms with Gasteiger partial charge in [0.15, 0.2) is 5.82 Å². The fourth-order valence-electron chi connectivity index (χ4n) is 2.98. The standard InChI is InChI=1S/C18H22N4O5/c1-22(10-17-20-15(21-27-17)6-7-25-2)18(24)13-9-16(23)19-14-5-4-11(26-3)8-12(13)14/h4-5,8,13H,6-7,9-10H2,1-3H3,(H,19,23)/t13-/m0/s1. The van der Waals surface area contributed by atoms with E-state index in [0.717, 1.165) is 5.56 Å². The van der Waals surface area contributed by atoms with Gasteiger partial charge in [0.25, 0.3) is 0 Å². The number of ether oxygens (including phenoxy) is 2. The number of likely N-dealkylation sites (N-methyl/N-ethyl adjacent to an activating group) is 1. The van der Waals surface area contributed by atoms with Gasteiger partial charge in [0.2, 0.25) is 17.7 Å². The van der Waals surface area contributed by atoms with Gasteiger partial charge >= 0.3 is 0 Å². The molecule has 1 N–H and O–H groups in total. The van der Waals surface area contributed by atoms with E-state index in [2.05, 4.69) is 15.5 Å². The Morgan fingerprint density at radius 2 is 2.22 bits per heavy atom. The Labute approximate surface area is 156 Å². The average Bonchev–Trinajstić information content (AvgIpc) is 3.11. The molecule has 0 unspecified atom stereocenters. The molecule has 9 nitrogen and oxygen atoms in total. The quantitative estimate of drug-likeness (QED) is 0.779. The van der Waals surface area contributed by atoms with Crippen molar-refractivity contribution in [3.05, 3.63) is 35.5 Å². The highest BCUT2D eigenvalue weighted by atomic mass is 16.5. The molecule has 0 fully saturated rings. The van der Waals surface area contributed by atoms with E-state index >= 15 is 0 Å². The highest BCUT2D eigenvalue weighted by molar-refractivity contribution is 6.01. The van der Waals surface area contributed by atoms with Crippen LogP contribution in [-0.2, 0) is 27.3 Å². The number of amides is 2. The van der Waals surface area contributed by atoms with Gasteiger partial charge in [-0.15, -0.1) is 0 Å². The number of aromatic nitrogens is 2. The Bertz CT molecular complexity index is 835. The lowest BCUT2D eigenvalue weighted by atomic mass is 9.89. The molecule has 27 heavy (non-hydrogen) atoms. The summed E-state index contributed by atoms with van der Waals surface area (Å²) in [6, 6.07) is 5.27. The van der Waals surface area contributed by atoms with Crippen LogP contribution in [0.1, 0.15) is 29.6 Å². The Hall–Kier alpha value is -2.94. The maximum absolute atomic E-state index is 13.0. The van der Waals surface area contributed by atoms with Crippen molar-refractivity contribution in [2.24, 2.45) is 0 Å². The maximum Gasteiger partial charge on any atom is 0.246 e. The zero-order valence-corrected chi connectivity index (χ0v) is 15.5. The van der Waals surface area contributed by atoms with Crippen LogP contribution in [0.25, 0.3) is 0 Å². The third-order valence-corrected chi connectivity index (χ3v) is 4.38. The van der Waals surface area contributed by atoms with Crippen molar-refractivity contribution in [1.29, 1.82) is 0 Å². The topological polar surface area (TPSA) is 107 Å². The van der Waals surface area contributed by atoms with Crippen molar-refractivity contribution < 1.29 is 23.6 Å². The van der Waals surface area contributed by atoms with E-state index in [-0.39, 0.29) is 24.8 Å². The molecule has 2 amide bonds. The number of fused-ring (bicyclic) bond motifs is 1. The van der Waals surface area contributed by atoms with Crippen LogP contribution in [0.5, 0.6) is 5.75 Å². The molecular weight excluding hydrogens is 352 g/mol. The monoisotopic (exact) mass is 374 g/mol. The fourth-order valence-corrected chi connectivity index (χ4v) is 2.98. The first kappa shape index (κ1) is 18.8. The van der Waals surface area contributed by atoms with Crippen molar-refractivity contribution >= 4 is 17.5 Å². The number of carbonyl (C=O) groups is 2. The molecule has 3 rings (SSSR count). The van der Waals surface area contributed by atoms with Crippen LogP contribution in [0, 0.1) is 0 Å². The molecule has 0 aliphatic carbocycles. The number of carbonyl (C=O) groups excluding carboxylic acids is 2. The van der Waals surface area contributed by atoms with Crippen LogP contribution in [0.3, 0.4) is 0 Å². The Morgan fingerprint density at radius 3 is 2.96 bits per heavy atom. The second-order valence-electron chi connectivity index (χ2n) is 6.30. The predicted octanol–water partition coefficient (Wildman–Crippen LogP) is 1.35. The summed E-state index contributed by atoms with van der Waals surface area (Å²) in [7, 11) is 4.80. The summed E-state index contributed by atoms with van der Waals surface area (Å²) in [6.45, 7) is 0.653. The van der Waals surface area contributed by atoms with Crippen LogP contribution in [0.4, 0.5) is 5.69 Å². The average molecular weight is 374 g/mol. The highest BCUT2D eigenvalue weighted by Gasteiger charge is 2.33. The number of methoxy groups -OCH3 is 2. The molecule has 1 aromatic carbocycles. The zero-order valence-electron chi connectivity index (χ0n) is 15.5. The third-order valence-electron chi connectivity index (χ3n) is 4.38. The molecule has 1 aliphatic heterocycles. The number of benzene rings is 1. The second-order valence-corrected chi connectivity index (χ2v) is 6.30. The van der Waals surface area contributed by atoms with Crippen molar-refractivity contribution in [2.75, 3.05) is 33.2 Å². The minimum Gasteiger partial charge on any atom is -0.497 e. The SMILES string of the molecule is COCCc1noc(CN(C)C(=O)[C@H]2CC(=O)Nc3ccc(OC)cc32)n1. The molecule has 1 aromatic heterocycles. The van der Waals surface area contributed by atoms with Crippen molar-refractivity contribution in [3.8, 4) is 5.75 Å². The van der Waals surface area contributed by atoms with Gasteiger partial charge in [-0.3, -0.25) is 9.59 Å². The maximum atomic E-state index is 13.0. The summed E-state index contributed by atoms with van der Waals surface area (Å²) >= 11 is 0. The fraction of sp³-hybridized carbons (Fsp3) is 0.444. The third kappa shape index (κ3) is 4.25. The van der Waals surface area contributed by atoms with E-state index in [1.54, 1.807) is 39.5 Å². The van der Waals surface area contributed by atoms with Crippen molar-refractivity contribution in [1.82, 2.24) is 15.0 Å². The number of anilines is 1. The van der Waals surface area contributed by atoms with E-state index < -0.39 is 5.92 Å². The second kappa shape index (κ2) is 8.17. The minimum absolute atomic E-state index is 0.0757. The van der Waals surface area contributed by atoms with Gasteiger partial charge in [-0.25, -0.2) is 0 Å². The van der Waals surface area contributed by atoms with E-state index in [1.807, 2.05) is 0 Å². The van der Waals surface area contributed by atoms with Crippen LogP contribution in [-0.4, -0.2) is 54.7 Å². The molecule has 1 atom stereocenters. The van der Waals surface area contributed by atoms with Crippen LogP contribution in [0.15, 0.2) is 22.7 Å². The summed E-state index contributed by atoms with van der Waals surface area (Å²) in [5.74, 6) is 0.507. The van der Waals surface area contributed by atoms with Crippen LogP contribution >= 0.6 is 0 Å². The Kier molecular flexibility index (Phi) is 5.70. The van der Waals surface area contributed by atoms with E-state index in [4.69, 9.17) is 14.0 Å². The van der Waals surface area contributed by atoms with Crippen molar-refractivity contribution in [3.63, 3.8) is 0 Å². The molecular formula is C18H22N4O5. The first-order valence-corrected chi connectivity index (χ1v) is 8.55. The first-order valence-electron chi connectivity index (χ1n) is 8.55. The van der Waals surface area contributed by atoms with Crippen LogP contribution in [0.2, 0.25) is 0 Å². The van der Waals surface area contributed by atoms with Gasteiger partial charge in [0.05, 0.1) is 26.2 Å². The molecule has 2 heterocycles. The largest absolute Gasteiger partial charge is 0.497 e. The normalized spacial score (nSPS) is 15.8. The number of nitrogens with one attached hydrogen (secondary N) is 1. The molecule has 144 valence electrons. The molecule has 0 saturated heterocycles. The summed E-state index contributed by atoms with van der Waals surface area (Å²) < 4.78 is 15.4. The lowest BCUT2D eigenvalue weighted by molar-refractivity contribution is -0.134. The van der Waals surface area contributed by atoms with Gasteiger partial charge in [0, 0.05) is 32.7 Å². The number of hydrogen-bond donors (Lipinski definition) is 1. The van der Waals surface area contributed by atoms with Gasteiger partial charge in [-0.05, 0) is 23.8 Å². The van der Waals surface area contributed by atoms with Gasteiger partial charge in [-0.2, -0.15) is 4.98 Å². The zero-order chi connectivity index (χ0) is 19.4. The smallest absolute Gasteiger partial charge is 0.246 e. The van der Waals surface area contributed by atoms with E-state index in [0.29, 0.717) is 36.2 Å². The van der Waals surface area contributed by atoms with Crippen LogP contribution < -0.4 is 10.1 Å². The molecule has 1 aliphatic rings. The van der Waals surface area contributed by atoms with E-state index in [1.165, 1.54) is 4.90 Å². The number of nitrogens with zero attached hydrogens (tertiary/aromatic N) is 3. The molecule has 0 radical (unpaired) electrons. The molecule has 9 heteroatoms. The Morgan fingerprint density at radius 1 is 1.41 bits per heavy atom. The number of rotatable bonds is 7. The predicted molar refractivity (Wildman–Crippen MR) is 95.3 cm³/mol. The van der Waals surface area contributed by atoms with Gasteiger partial charge in [-0.1, -0.05) is 5.16 Å². The summed E-state index contributed by atoms with van der Waals surface area (Å²) in [5, 5.41) is 6.65. The van der Waals surface area contributed by atoms with Crippen molar-refractivity contribution in [2.45, 2.75) is 25.3 Å². The minimum atomic E-state index is -0.593. The Balaban J connectivity index is 1.75. The summed E-state index contributed by atoms with van der Waals surface area (Å²) in [4.78, 5) is 30.7. The summed E-state index contributed by atoms with van der Waals surface area (Å²) in [5.41, 5.74) is 1.36. The molecule has 0 bridgehead atoms. The first-order chi connectivity index (χ1) is 13.0. The number of hydrogen-bond acceptors (Lipinski definition) is 7. The lowest BCUT2D eigenvalue weighted by Gasteiger charge is -2.28. The molecule has 2 aromatic rings. The summed E-state index contributed by atoms with van der Waals surface area (Å²) in [6.07, 6.45) is 0.611. The molecule has 0 spiro atoms. The van der Waals surface area contributed by atoms with Gasteiger partial charge in [0.1, 0.15) is 5.75 Å². The lowest BCUT2D eigenvalue weighted by Crippen LogP contribution is -2.36. The van der Waals surface area contributed by atoms with E-state index in [9.17, 15) is 9.59 Å².